The van der Waals surface area contributed by atoms with Gasteiger partial charge in [-0.05, 0) is 72.0 Å². The van der Waals surface area contributed by atoms with Gasteiger partial charge in [0, 0.05) is 22.4 Å². The Bertz CT molecular complexity index is 1300. The summed E-state index contributed by atoms with van der Waals surface area (Å²) in [6, 6.07) is 15.9. The summed E-state index contributed by atoms with van der Waals surface area (Å²) in [5.74, 6) is 0.881. The summed E-state index contributed by atoms with van der Waals surface area (Å²) in [5.41, 5.74) is 3.05. The van der Waals surface area contributed by atoms with E-state index in [9.17, 15) is 18.0 Å². The van der Waals surface area contributed by atoms with Crippen LogP contribution in [0.3, 0.4) is 0 Å². The van der Waals surface area contributed by atoms with Gasteiger partial charge in [0.15, 0.2) is 0 Å². The second kappa shape index (κ2) is 10.3. The fourth-order valence-corrected chi connectivity index (χ4v) is 5.63. The number of fused-ring (bicyclic) bond motifs is 2. The summed E-state index contributed by atoms with van der Waals surface area (Å²) in [4.78, 5) is 12.7. The summed E-state index contributed by atoms with van der Waals surface area (Å²) in [6.45, 7) is 0.391. The highest BCUT2D eigenvalue weighted by Crippen LogP contribution is 2.44. The molecule has 0 radical (unpaired) electrons. The number of carbonyl (C=O) groups excluding carboxylic acids is 1. The van der Waals surface area contributed by atoms with E-state index in [0.717, 1.165) is 27.1 Å². The molecule has 8 heteroatoms. The molecule has 0 amide bonds. The number of methoxy groups -OCH3 is 1. The summed E-state index contributed by atoms with van der Waals surface area (Å²) in [7, 11) is 1.36. The van der Waals surface area contributed by atoms with Gasteiger partial charge in [-0.2, -0.15) is 13.2 Å². The number of carbonyl (C=O) groups is 1. The topological polar surface area (TPSA) is 44.8 Å². The Balaban J connectivity index is 1.40. The van der Waals surface area contributed by atoms with Crippen LogP contribution < -0.4 is 9.47 Å². The molecule has 3 aromatic rings. The van der Waals surface area contributed by atoms with Crippen molar-refractivity contribution < 1.29 is 32.2 Å². The van der Waals surface area contributed by atoms with Crippen LogP contribution in [0.5, 0.6) is 11.5 Å². The lowest BCUT2D eigenvalue weighted by Gasteiger charge is -2.20. The first-order valence-electron chi connectivity index (χ1n) is 12.1. The van der Waals surface area contributed by atoms with Gasteiger partial charge in [-0.1, -0.05) is 24.3 Å². The van der Waals surface area contributed by atoms with Crippen LogP contribution in [0.2, 0.25) is 0 Å². The lowest BCUT2D eigenvalue weighted by Crippen LogP contribution is -2.13. The second-order valence-corrected chi connectivity index (χ2v) is 10.2. The fraction of sp³-hybridized carbons (Fsp3) is 0.345. The van der Waals surface area contributed by atoms with Gasteiger partial charge in [0.25, 0.3) is 0 Å². The number of benzene rings is 3. The highest BCUT2D eigenvalue weighted by molar-refractivity contribution is 7.98. The maximum atomic E-state index is 14.0. The van der Waals surface area contributed by atoms with Crippen LogP contribution in [0.25, 0.3) is 0 Å². The Morgan fingerprint density at radius 2 is 1.84 bits per heavy atom. The molecule has 2 aliphatic rings. The van der Waals surface area contributed by atoms with Crippen molar-refractivity contribution in [1.29, 1.82) is 0 Å². The lowest BCUT2D eigenvalue weighted by molar-refractivity contribution is -0.141. The highest BCUT2D eigenvalue weighted by atomic mass is 32.2. The van der Waals surface area contributed by atoms with Gasteiger partial charge < -0.3 is 14.2 Å². The molecule has 37 heavy (non-hydrogen) atoms. The van der Waals surface area contributed by atoms with Gasteiger partial charge in [-0.3, -0.25) is 4.79 Å². The van der Waals surface area contributed by atoms with Gasteiger partial charge >= 0.3 is 12.1 Å². The minimum absolute atomic E-state index is 0.0722. The number of halogens is 3. The molecular formula is C29H27F3O4S. The normalized spacial score (nSPS) is 18.2. The Hall–Kier alpha value is -3.13. The highest BCUT2D eigenvalue weighted by Gasteiger charge is 2.37. The van der Waals surface area contributed by atoms with Crippen molar-refractivity contribution in [3.63, 3.8) is 0 Å². The Labute approximate surface area is 218 Å². The molecule has 4 nitrogen and oxygen atoms in total. The zero-order chi connectivity index (χ0) is 26.2. The second-order valence-electron chi connectivity index (χ2n) is 9.32. The molecule has 0 saturated heterocycles. The van der Waals surface area contributed by atoms with Crippen LogP contribution >= 0.6 is 11.8 Å². The monoisotopic (exact) mass is 528 g/mol. The molecule has 0 saturated carbocycles. The number of hydrogen-bond donors (Lipinski definition) is 0. The third-order valence-corrected chi connectivity index (χ3v) is 7.84. The maximum Gasteiger partial charge on any atom is 0.416 e. The molecule has 0 aromatic heterocycles. The quantitative estimate of drug-likeness (QED) is 0.241. The zero-order valence-electron chi connectivity index (χ0n) is 20.6. The average Bonchev–Trinajstić information content (AvgIpc) is 3.48. The van der Waals surface area contributed by atoms with E-state index in [4.69, 9.17) is 14.2 Å². The first kappa shape index (κ1) is 25.5. The van der Waals surface area contributed by atoms with E-state index in [1.54, 1.807) is 23.9 Å². The van der Waals surface area contributed by atoms with Crippen molar-refractivity contribution in [2.75, 3.05) is 20.0 Å². The summed E-state index contributed by atoms with van der Waals surface area (Å²) in [5, 5.41) is 0. The molecule has 0 unspecified atom stereocenters. The van der Waals surface area contributed by atoms with Crippen molar-refractivity contribution in [3.8, 4) is 11.5 Å². The van der Waals surface area contributed by atoms with Crippen molar-refractivity contribution in [3.05, 3.63) is 88.0 Å². The van der Waals surface area contributed by atoms with Gasteiger partial charge in [0.1, 0.15) is 17.6 Å². The number of thioether (sulfide) groups is 1. The lowest BCUT2D eigenvalue weighted by atomic mass is 9.92. The van der Waals surface area contributed by atoms with Gasteiger partial charge in [-0.25, -0.2) is 0 Å². The minimum atomic E-state index is -4.43. The molecule has 5 rings (SSSR count). The molecule has 3 aromatic carbocycles. The molecule has 0 N–H and O–H groups in total. The molecule has 0 fully saturated rings. The van der Waals surface area contributed by atoms with Crippen LogP contribution in [0.1, 0.15) is 58.2 Å². The maximum absolute atomic E-state index is 14.0. The molecule has 0 spiro atoms. The van der Waals surface area contributed by atoms with E-state index in [0.29, 0.717) is 36.5 Å². The Kier molecular flexibility index (Phi) is 7.12. The van der Waals surface area contributed by atoms with Gasteiger partial charge in [-0.15, -0.1) is 11.8 Å². The first-order chi connectivity index (χ1) is 17.8. The SMILES string of the molecule is COC(=O)C[C@@H]1COc2cc(O[C@@H]3CCc4c3ccc(C(F)(F)F)c4Cc3ccc(SC)cc3)ccc21. The third-order valence-electron chi connectivity index (χ3n) is 7.10. The minimum Gasteiger partial charge on any atom is -0.492 e. The smallest absolute Gasteiger partial charge is 0.416 e. The van der Waals surface area contributed by atoms with E-state index in [-0.39, 0.29) is 30.8 Å². The number of hydrogen-bond acceptors (Lipinski definition) is 5. The van der Waals surface area contributed by atoms with Crippen molar-refractivity contribution in [1.82, 2.24) is 0 Å². The molecule has 1 heterocycles. The molecule has 194 valence electrons. The summed E-state index contributed by atoms with van der Waals surface area (Å²) >= 11 is 1.60. The predicted molar refractivity (Wildman–Crippen MR) is 135 cm³/mol. The average molecular weight is 529 g/mol. The third kappa shape index (κ3) is 5.30. The predicted octanol–water partition coefficient (Wildman–Crippen LogP) is 7.12. The van der Waals surface area contributed by atoms with E-state index in [1.807, 2.05) is 42.7 Å². The number of rotatable bonds is 7. The van der Waals surface area contributed by atoms with Crippen LogP contribution in [0.15, 0.2) is 59.5 Å². The van der Waals surface area contributed by atoms with Crippen LogP contribution in [-0.2, 0) is 28.5 Å². The molecule has 0 bridgehead atoms. The number of alkyl halides is 3. The fourth-order valence-electron chi connectivity index (χ4n) is 5.22. The zero-order valence-corrected chi connectivity index (χ0v) is 21.4. The summed E-state index contributed by atoms with van der Waals surface area (Å²) in [6.07, 6.45) is -1.24. The van der Waals surface area contributed by atoms with Crippen molar-refractivity contribution >= 4 is 17.7 Å². The molecule has 1 aliphatic carbocycles. The summed E-state index contributed by atoms with van der Waals surface area (Å²) < 4.78 is 58.7. The van der Waals surface area contributed by atoms with E-state index < -0.39 is 11.7 Å². The van der Waals surface area contributed by atoms with Crippen molar-refractivity contribution in [2.24, 2.45) is 0 Å². The van der Waals surface area contributed by atoms with Gasteiger partial charge in [0.2, 0.25) is 0 Å². The largest absolute Gasteiger partial charge is 0.492 e. The van der Waals surface area contributed by atoms with Gasteiger partial charge in [0.05, 0.1) is 25.7 Å². The standard InChI is InChI=1S/C29H27F3O4S/c1-34-28(33)14-18-16-35-27-15-19(5-8-21(18)27)36-26-12-10-22-23(26)9-11-25(29(30,31)32)24(22)13-17-3-6-20(37-2)7-4-17/h3-9,11,15,18,26H,10,12-14,16H2,1-2H3/t18-,26-/m1/s1. The number of esters is 1. The van der Waals surface area contributed by atoms with Crippen molar-refractivity contribution in [2.45, 2.75) is 48.8 Å². The molecular weight excluding hydrogens is 501 g/mol. The van der Waals surface area contributed by atoms with E-state index in [2.05, 4.69) is 0 Å². The Morgan fingerprint density at radius 3 is 2.54 bits per heavy atom. The number of ether oxygens (including phenoxy) is 3. The molecule has 1 aliphatic heterocycles. The first-order valence-corrected chi connectivity index (χ1v) is 13.3. The molecule has 2 atom stereocenters. The van der Waals surface area contributed by atoms with Crippen LogP contribution in [0, 0.1) is 0 Å². The Morgan fingerprint density at radius 1 is 1.08 bits per heavy atom. The van der Waals surface area contributed by atoms with E-state index in [1.165, 1.54) is 13.2 Å². The van der Waals surface area contributed by atoms with E-state index >= 15 is 0 Å². The van der Waals surface area contributed by atoms with Crippen LogP contribution in [0.4, 0.5) is 13.2 Å². The van der Waals surface area contributed by atoms with Crippen LogP contribution in [-0.4, -0.2) is 25.9 Å².